The molecule has 1 heterocycles. The molecule has 1 atom stereocenters. The van der Waals surface area contributed by atoms with Crippen molar-refractivity contribution in [1.29, 1.82) is 0 Å². The quantitative estimate of drug-likeness (QED) is 0.880. The van der Waals surface area contributed by atoms with Gasteiger partial charge in [0, 0.05) is 13.3 Å². The molecule has 1 unspecified atom stereocenters. The van der Waals surface area contributed by atoms with E-state index in [1.165, 1.54) is 25.3 Å². The number of nitrogens with zero attached hydrogens (tertiary/aromatic N) is 1. The number of ether oxygens (including phenoxy) is 1. The van der Waals surface area contributed by atoms with Crippen LogP contribution in [0.5, 0.6) is 0 Å². The van der Waals surface area contributed by atoms with Crippen LogP contribution in [-0.2, 0) is 22.1 Å². The average Bonchev–Trinajstić information content (AvgIpc) is 2.55. The van der Waals surface area contributed by atoms with E-state index in [0.29, 0.717) is 5.69 Å². The van der Waals surface area contributed by atoms with Crippen molar-refractivity contribution in [2.45, 2.75) is 18.6 Å². The van der Waals surface area contributed by atoms with Crippen molar-refractivity contribution in [1.82, 2.24) is 10.3 Å². The predicted octanol–water partition coefficient (Wildman–Crippen LogP) is 3.15. The van der Waals surface area contributed by atoms with E-state index in [1.54, 1.807) is 24.4 Å². The lowest BCUT2D eigenvalue weighted by Gasteiger charge is -2.18. The van der Waals surface area contributed by atoms with Crippen molar-refractivity contribution in [3.8, 4) is 0 Å². The molecule has 1 aromatic carbocycles. The lowest BCUT2D eigenvalue weighted by molar-refractivity contribution is -0.138. The smallest absolute Gasteiger partial charge is 0.382 e. The maximum atomic E-state index is 13.0. The minimum atomic E-state index is -4.50. The Balaban J connectivity index is 2.12. The lowest BCUT2D eigenvalue weighted by atomic mass is 10.0. The zero-order chi connectivity index (χ0) is 17.6. The summed E-state index contributed by atoms with van der Waals surface area (Å²) in [7, 11) is 1.47. The SMILES string of the molecule is COCC(NC(=O)Cc1ccccc1C(F)(F)F)c1ccccn1. The number of benzene rings is 1. The summed E-state index contributed by atoms with van der Waals surface area (Å²) in [6.45, 7) is 0.170. The molecule has 0 radical (unpaired) electrons. The molecule has 0 saturated carbocycles. The molecule has 0 saturated heterocycles. The van der Waals surface area contributed by atoms with Crippen LogP contribution in [0.15, 0.2) is 48.7 Å². The number of hydrogen-bond acceptors (Lipinski definition) is 3. The first-order chi connectivity index (χ1) is 11.4. The monoisotopic (exact) mass is 338 g/mol. The van der Waals surface area contributed by atoms with Gasteiger partial charge in [0.1, 0.15) is 0 Å². The van der Waals surface area contributed by atoms with Crippen molar-refractivity contribution in [3.05, 3.63) is 65.5 Å². The maximum Gasteiger partial charge on any atom is 0.416 e. The van der Waals surface area contributed by atoms with E-state index < -0.39 is 23.7 Å². The Morgan fingerprint density at radius 3 is 2.54 bits per heavy atom. The number of hydrogen-bond donors (Lipinski definition) is 1. The molecular formula is C17H17F3N2O2. The number of alkyl halides is 3. The standard InChI is InChI=1S/C17H17F3N2O2/c1-24-11-15(14-8-4-5-9-21-14)22-16(23)10-12-6-2-3-7-13(12)17(18,19)20/h2-9,15H,10-11H2,1H3,(H,22,23). The first-order valence-corrected chi connectivity index (χ1v) is 7.26. The summed E-state index contributed by atoms with van der Waals surface area (Å²) in [6, 6.07) is 9.72. The van der Waals surface area contributed by atoms with Gasteiger partial charge >= 0.3 is 6.18 Å². The van der Waals surface area contributed by atoms with E-state index in [1.807, 2.05) is 0 Å². The Morgan fingerprint density at radius 1 is 1.21 bits per heavy atom. The maximum absolute atomic E-state index is 13.0. The molecule has 2 rings (SSSR count). The number of pyridine rings is 1. The molecule has 2 aromatic rings. The normalized spacial score (nSPS) is 12.7. The van der Waals surface area contributed by atoms with Crippen LogP contribution in [0, 0.1) is 0 Å². The molecule has 24 heavy (non-hydrogen) atoms. The highest BCUT2D eigenvalue weighted by molar-refractivity contribution is 5.79. The van der Waals surface area contributed by atoms with Gasteiger partial charge in [-0.25, -0.2) is 0 Å². The molecule has 0 fully saturated rings. The van der Waals surface area contributed by atoms with E-state index in [4.69, 9.17) is 4.74 Å². The van der Waals surface area contributed by atoms with Crippen LogP contribution in [0.3, 0.4) is 0 Å². The largest absolute Gasteiger partial charge is 0.416 e. The van der Waals surface area contributed by atoms with E-state index in [-0.39, 0.29) is 18.6 Å². The third-order valence-electron chi connectivity index (χ3n) is 3.39. The van der Waals surface area contributed by atoms with Crippen molar-refractivity contribution < 1.29 is 22.7 Å². The fourth-order valence-corrected chi connectivity index (χ4v) is 2.32. The van der Waals surface area contributed by atoms with Gasteiger partial charge in [-0.2, -0.15) is 13.2 Å². The van der Waals surface area contributed by atoms with Crippen LogP contribution in [0.25, 0.3) is 0 Å². The third kappa shape index (κ3) is 4.79. The van der Waals surface area contributed by atoms with Crippen LogP contribution < -0.4 is 5.32 Å². The predicted molar refractivity (Wildman–Crippen MR) is 82.1 cm³/mol. The van der Waals surface area contributed by atoms with E-state index in [2.05, 4.69) is 10.3 Å². The summed E-state index contributed by atoms with van der Waals surface area (Å²) in [5.74, 6) is -0.528. The van der Waals surface area contributed by atoms with Crippen molar-refractivity contribution in [2.24, 2.45) is 0 Å². The number of rotatable bonds is 6. The second kappa shape index (κ2) is 7.92. The molecular weight excluding hydrogens is 321 g/mol. The Hall–Kier alpha value is -2.41. The highest BCUT2D eigenvalue weighted by Gasteiger charge is 2.33. The van der Waals surface area contributed by atoms with Crippen LogP contribution in [0.2, 0.25) is 0 Å². The molecule has 0 bridgehead atoms. The summed E-state index contributed by atoms with van der Waals surface area (Å²) in [5, 5.41) is 2.67. The molecule has 1 aromatic heterocycles. The van der Waals surface area contributed by atoms with Gasteiger partial charge in [0.2, 0.25) is 5.91 Å². The summed E-state index contributed by atoms with van der Waals surface area (Å²) < 4.78 is 44.0. The highest BCUT2D eigenvalue weighted by Crippen LogP contribution is 2.32. The summed E-state index contributed by atoms with van der Waals surface area (Å²) in [4.78, 5) is 16.3. The van der Waals surface area contributed by atoms with Gasteiger partial charge in [0.25, 0.3) is 0 Å². The number of amides is 1. The highest BCUT2D eigenvalue weighted by atomic mass is 19.4. The average molecular weight is 338 g/mol. The Kier molecular flexibility index (Phi) is 5.92. The third-order valence-corrected chi connectivity index (χ3v) is 3.39. The van der Waals surface area contributed by atoms with Crippen LogP contribution >= 0.6 is 0 Å². The molecule has 1 N–H and O–H groups in total. The minimum absolute atomic E-state index is 0.0697. The fourth-order valence-electron chi connectivity index (χ4n) is 2.32. The van der Waals surface area contributed by atoms with Crippen LogP contribution in [-0.4, -0.2) is 24.6 Å². The fraction of sp³-hybridized carbons (Fsp3) is 0.294. The zero-order valence-corrected chi connectivity index (χ0v) is 13.0. The molecule has 0 aliphatic heterocycles. The number of nitrogens with one attached hydrogen (secondary N) is 1. The topological polar surface area (TPSA) is 51.2 Å². The lowest BCUT2D eigenvalue weighted by Crippen LogP contribution is -2.33. The van der Waals surface area contributed by atoms with Gasteiger partial charge < -0.3 is 10.1 Å². The Bertz CT molecular complexity index is 675. The van der Waals surface area contributed by atoms with Crippen molar-refractivity contribution in [2.75, 3.05) is 13.7 Å². The van der Waals surface area contributed by atoms with E-state index in [9.17, 15) is 18.0 Å². The molecule has 0 spiro atoms. The molecule has 4 nitrogen and oxygen atoms in total. The van der Waals surface area contributed by atoms with Crippen LogP contribution in [0.4, 0.5) is 13.2 Å². The summed E-state index contributed by atoms with van der Waals surface area (Å²) >= 11 is 0. The number of halogens is 3. The number of carbonyl (C=O) groups excluding carboxylic acids is 1. The molecule has 1 amide bonds. The van der Waals surface area contributed by atoms with E-state index >= 15 is 0 Å². The van der Waals surface area contributed by atoms with Gasteiger partial charge in [-0.1, -0.05) is 24.3 Å². The van der Waals surface area contributed by atoms with Gasteiger partial charge in [0.15, 0.2) is 0 Å². The Labute approximate surface area is 137 Å². The summed E-state index contributed by atoms with van der Waals surface area (Å²) in [5.41, 5.74) is -0.294. The first kappa shape index (κ1) is 17.9. The van der Waals surface area contributed by atoms with Gasteiger partial charge in [-0.05, 0) is 23.8 Å². The van der Waals surface area contributed by atoms with Crippen molar-refractivity contribution >= 4 is 5.91 Å². The molecule has 0 aliphatic rings. The first-order valence-electron chi connectivity index (χ1n) is 7.26. The second-order valence-electron chi connectivity index (χ2n) is 5.16. The molecule has 128 valence electrons. The number of aromatic nitrogens is 1. The van der Waals surface area contributed by atoms with Gasteiger partial charge in [0.05, 0.1) is 30.3 Å². The van der Waals surface area contributed by atoms with Gasteiger partial charge in [-0.3, -0.25) is 9.78 Å². The van der Waals surface area contributed by atoms with E-state index in [0.717, 1.165) is 6.07 Å². The second-order valence-corrected chi connectivity index (χ2v) is 5.16. The van der Waals surface area contributed by atoms with Gasteiger partial charge in [-0.15, -0.1) is 0 Å². The molecule has 7 heteroatoms. The zero-order valence-electron chi connectivity index (χ0n) is 13.0. The number of carbonyl (C=O) groups is 1. The number of methoxy groups -OCH3 is 1. The van der Waals surface area contributed by atoms with Crippen molar-refractivity contribution in [3.63, 3.8) is 0 Å². The summed E-state index contributed by atoms with van der Waals surface area (Å²) in [6.07, 6.45) is -3.30. The molecule has 0 aliphatic carbocycles. The van der Waals surface area contributed by atoms with Crippen LogP contribution in [0.1, 0.15) is 22.9 Å². The Morgan fingerprint density at radius 2 is 1.92 bits per heavy atom. The minimum Gasteiger partial charge on any atom is -0.382 e.